The first-order valence-corrected chi connectivity index (χ1v) is 9.55. The molecule has 1 aromatic carbocycles. The highest BCUT2D eigenvalue weighted by Crippen LogP contribution is 2.41. The highest BCUT2D eigenvalue weighted by molar-refractivity contribution is 7.13. The number of hydrogen-bond donors (Lipinski definition) is 1. The van der Waals surface area contributed by atoms with Crippen molar-refractivity contribution in [3.63, 3.8) is 0 Å². The number of nitrogens with one attached hydrogen (secondary N) is 1. The molecule has 6 heteroatoms. The van der Waals surface area contributed by atoms with E-state index in [1.54, 1.807) is 0 Å². The Balaban J connectivity index is 1.36. The van der Waals surface area contributed by atoms with Crippen LogP contribution < -0.4 is 5.32 Å². The Hall–Kier alpha value is -1.79. The summed E-state index contributed by atoms with van der Waals surface area (Å²) in [4.78, 5) is 14.8. The first-order chi connectivity index (χ1) is 11.8. The molecule has 4 rings (SSSR count). The third-order valence-electron chi connectivity index (χ3n) is 4.66. The van der Waals surface area contributed by atoms with Gasteiger partial charge in [-0.1, -0.05) is 23.5 Å². The van der Waals surface area contributed by atoms with Crippen molar-refractivity contribution in [2.75, 3.05) is 25.0 Å². The van der Waals surface area contributed by atoms with Crippen molar-refractivity contribution >= 4 is 22.9 Å². The van der Waals surface area contributed by atoms with Crippen molar-refractivity contribution in [3.8, 4) is 0 Å². The molecule has 2 heterocycles. The third kappa shape index (κ3) is 3.82. The van der Waals surface area contributed by atoms with Gasteiger partial charge in [-0.3, -0.25) is 4.79 Å². The van der Waals surface area contributed by atoms with Crippen LogP contribution in [0.1, 0.15) is 52.0 Å². The largest absolute Gasteiger partial charge is 0.320 e. The Morgan fingerprint density at radius 1 is 1.25 bits per heavy atom. The number of carbonyl (C=O) groups excluding carboxylic acids is 1. The number of amides is 1. The van der Waals surface area contributed by atoms with Crippen LogP contribution in [0.25, 0.3) is 0 Å². The number of aromatic nitrogens is 2. The van der Waals surface area contributed by atoms with Gasteiger partial charge in [0, 0.05) is 18.2 Å². The maximum Gasteiger partial charge on any atom is 0.286 e. The Morgan fingerprint density at radius 3 is 2.88 bits per heavy atom. The van der Waals surface area contributed by atoms with Gasteiger partial charge in [0.2, 0.25) is 5.01 Å². The molecule has 0 spiro atoms. The van der Waals surface area contributed by atoms with Gasteiger partial charge < -0.3 is 10.2 Å². The van der Waals surface area contributed by atoms with E-state index in [9.17, 15) is 4.79 Å². The highest BCUT2D eigenvalue weighted by Gasteiger charge is 2.28. The van der Waals surface area contributed by atoms with Crippen molar-refractivity contribution in [2.45, 2.75) is 38.0 Å². The van der Waals surface area contributed by atoms with Gasteiger partial charge >= 0.3 is 0 Å². The molecule has 0 bridgehead atoms. The molecular weight excluding hydrogens is 320 g/mol. The minimum atomic E-state index is -0.156. The van der Waals surface area contributed by atoms with Gasteiger partial charge in [-0.05, 0) is 62.9 Å². The smallest absolute Gasteiger partial charge is 0.286 e. The zero-order chi connectivity index (χ0) is 16.4. The maximum atomic E-state index is 12.3. The predicted octanol–water partition coefficient (Wildman–Crippen LogP) is 3.31. The quantitative estimate of drug-likeness (QED) is 0.875. The second-order valence-electron chi connectivity index (χ2n) is 6.67. The Bertz CT molecular complexity index is 719. The molecule has 5 nitrogen and oxygen atoms in total. The van der Waals surface area contributed by atoms with Crippen molar-refractivity contribution < 1.29 is 4.79 Å². The number of hydrogen-bond acceptors (Lipinski definition) is 5. The lowest BCUT2D eigenvalue weighted by Gasteiger charge is -2.14. The molecule has 1 saturated carbocycles. The van der Waals surface area contributed by atoms with Crippen LogP contribution in [0.5, 0.6) is 0 Å². The van der Waals surface area contributed by atoms with E-state index in [1.807, 2.05) is 12.1 Å². The SMILES string of the molecule is O=C(Nc1cccc(CCN2CCCC2)c1)c1nnc(C2CC2)s1. The summed E-state index contributed by atoms with van der Waals surface area (Å²) in [6.07, 6.45) is 6.01. The Labute approximate surface area is 146 Å². The molecule has 1 aliphatic heterocycles. The lowest BCUT2D eigenvalue weighted by Crippen LogP contribution is -2.22. The van der Waals surface area contributed by atoms with Gasteiger partial charge in [0.05, 0.1) is 0 Å². The molecule has 1 aromatic heterocycles. The van der Waals surface area contributed by atoms with Crippen LogP contribution in [-0.4, -0.2) is 40.6 Å². The molecule has 1 amide bonds. The number of benzene rings is 1. The van der Waals surface area contributed by atoms with Gasteiger partial charge in [-0.2, -0.15) is 0 Å². The van der Waals surface area contributed by atoms with Crippen LogP contribution in [0.2, 0.25) is 0 Å². The predicted molar refractivity (Wildman–Crippen MR) is 95.7 cm³/mol. The molecule has 0 radical (unpaired) electrons. The van der Waals surface area contributed by atoms with Crippen molar-refractivity contribution in [2.24, 2.45) is 0 Å². The summed E-state index contributed by atoms with van der Waals surface area (Å²) in [7, 11) is 0. The molecule has 1 N–H and O–H groups in total. The monoisotopic (exact) mass is 342 g/mol. The van der Waals surface area contributed by atoms with Gasteiger partial charge in [-0.25, -0.2) is 0 Å². The molecule has 0 unspecified atom stereocenters. The normalized spacial score (nSPS) is 18.0. The third-order valence-corrected chi connectivity index (χ3v) is 5.75. The molecule has 2 fully saturated rings. The van der Waals surface area contributed by atoms with E-state index in [0.717, 1.165) is 23.7 Å². The second kappa shape index (κ2) is 6.99. The van der Waals surface area contributed by atoms with Crippen LogP contribution in [-0.2, 0) is 6.42 Å². The van der Waals surface area contributed by atoms with E-state index in [-0.39, 0.29) is 5.91 Å². The van der Waals surface area contributed by atoms with Crippen molar-refractivity contribution in [1.29, 1.82) is 0 Å². The second-order valence-corrected chi connectivity index (χ2v) is 7.68. The molecule has 0 atom stereocenters. The average Bonchev–Trinajstić information content (AvgIpc) is 3.11. The maximum absolute atomic E-state index is 12.3. The minimum absolute atomic E-state index is 0.156. The molecule has 126 valence electrons. The average molecular weight is 342 g/mol. The standard InChI is InChI=1S/C18H22N4OS/c23-16(18-21-20-17(24-18)14-6-7-14)19-15-5-3-4-13(12-15)8-11-22-9-1-2-10-22/h3-5,12,14H,1-2,6-11H2,(H,19,23). The minimum Gasteiger partial charge on any atom is -0.320 e. The van der Waals surface area contributed by atoms with Crippen molar-refractivity contribution in [1.82, 2.24) is 15.1 Å². The van der Waals surface area contributed by atoms with Gasteiger partial charge in [0.1, 0.15) is 5.01 Å². The Kier molecular flexibility index (Phi) is 4.58. The summed E-state index contributed by atoms with van der Waals surface area (Å²) in [5.74, 6) is 0.383. The summed E-state index contributed by atoms with van der Waals surface area (Å²) in [5, 5.41) is 12.6. The summed E-state index contributed by atoms with van der Waals surface area (Å²) < 4.78 is 0. The van der Waals surface area contributed by atoms with Crippen molar-refractivity contribution in [3.05, 3.63) is 39.8 Å². The topological polar surface area (TPSA) is 58.1 Å². The number of carbonyl (C=O) groups is 1. The van der Waals surface area contributed by atoms with E-state index in [0.29, 0.717) is 10.9 Å². The van der Waals surface area contributed by atoms with E-state index in [4.69, 9.17) is 0 Å². The molecular formula is C18H22N4OS. The fourth-order valence-electron chi connectivity index (χ4n) is 3.10. The van der Waals surface area contributed by atoms with E-state index in [1.165, 1.54) is 55.7 Å². The molecule has 2 aromatic rings. The van der Waals surface area contributed by atoms with Gasteiger partial charge in [-0.15, -0.1) is 10.2 Å². The summed E-state index contributed by atoms with van der Waals surface area (Å²) in [5.41, 5.74) is 2.10. The lowest BCUT2D eigenvalue weighted by atomic mass is 10.1. The van der Waals surface area contributed by atoms with Gasteiger partial charge in [0.25, 0.3) is 5.91 Å². The fourth-order valence-corrected chi connectivity index (χ4v) is 4.01. The number of nitrogens with zero attached hydrogens (tertiary/aromatic N) is 3. The summed E-state index contributed by atoms with van der Waals surface area (Å²) in [6.45, 7) is 3.53. The molecule has 1 aliphatic carbocycles. The summed E-state index contributed by atoms with van der Waals surface area (Å²) in [6, 6.07) is 8.13. The number of anilines is 1. The zero-order valence-corrected chi connectivity index (χ0v) is 14.5. The number of likely N-dealkylation sites (tertiary alicyclic amines) is 1. The highest BCUT2D eigenvalue weighted by atomic mass is 32.1. The number of rotatable bonds is 6. The van der Waals surface area contributed by atoms with Crippen LogP contribution in [0.4, 0.5) is 5.69 Å². The van der Waals surface area contributed by atoms with E-state index in [2.05, 4.69) is 32.5 Å². The van der Waals surface area contributed by atoms with Crippen LogP contribution >= 0.6 is 11.3 Å². The Morgan fingerprint density at radius 2 is 2.08 bits per heavy atom. The zero-order valence-electron chi connectivity index (χ0n) is 13.7. The van der Waals surface area contributed by atoms with Crippen LogP contribution in [0, 0.1) is 0 Å². The van der Waals surface area contributed by atoms with E-state index < -0.39 is 0 Å². The first kappa shape index (κ1) is 15.7. The van der Waals surface area contributed by atoms with E-state index >= 15 is 0 Å². The lowest BCUT2D eigenvalue weighted by molar-refractivity contribution is 0.102. The van der Waals surface area contributed by atoms with Crippen LogP contribution in [0.3, 0.4) is 0 Å². The first-order valence-electron chi connectivity index (χ1n) is 8.74. The molecule has 24 heavy (non-hydrogen) atoms. The summed E-state index contributed by atoms with van der Waals surface area (Å²) >= 11 is 1.42. The fraction of sp³-hybridized carbons (Fsp3) is 0.500. The van der Waals surface area contributed by atoms with Crippen LogP contribution in [0.15, 0.2) is 24.3 Å². The van der Waals surface area contributed by atoms with Gasteiger partial charge in [0.15, 0.2) is 0 Å². The molecule has 1 saturated heterocycles. The molecule has 2 aliphatic rings.